The molecule has 0 fully saturated rings. The number of benzene rings is 3. The van der Waals surface area contributed by atoms with Crippen LogP contribution in [0.15, 0.2) is 77.9 Å². The van der Waals surface area contributed by atoms with Crippen molar-refractivity contribution in [3.05, 3.63) is 111 Å². The van der Waals surface area contributed by atoms with Crippen molar-refractivity contribution >= 4 is 45.5 Å². The first-order chi connectivity index (χ1) is 18.3. The standard InChI is InChI=1S/C29H21ClF2N4O2/c1-35-15-23-22-12-20(34-26(37)11-16-10-19(32)4-8-24(16)30)5-9-25(22)36(21-6-2-18(31)3-7-21)14-17-13-33-29(38)28(35)27(17)23/h2-10,12-13,15H,11,14H2,1H3,(H,33,38)(H,34,37). The molecule has 2 N–H and O–H groups in total. The lowest BCUT2D eigenvalue weighted by atomic mass is 10.0. The maximum atomic E-state index is 13.7. The molecule has 5 aromatic rings. The number of H-pyrrole nitrogens is 1. The third kappa shape index (κ3) is 4.13. The van der Waals surface area contributed by atoms with E-state index in [9.17, 15) is 18.4 Å². The molecule has 1 aliphatic heterocycles. The topological polar surface area (TPSA) is 70.1 Å². The van der Waals surface area contributed by atoms with Gasteiger partial charge in [0.15, 0.2) is 0 Å². The van der Waals surface area contributed by atoms with Gasteiger partial charge < -0.3 is 19.8 Å². The van der Waals surface area contributed by atoms with E-state index in [1.807, 2.05) is 30.3 Å². The summed E-state index contributed by atoms with van der Waals surface area (Å²) in [5.41, 5.74) is 5.41. The molecule has 0 bridgehead atoms. The first kappa shape index (κ1) is 23.9. The Morgan fingerprint density at radius 3 is 2.58 bits per heavy atom. The van der Waals surface area contributed by atoms with E-state index in [2.05, 4.69) is 10.3 Å². The number of aromatic nitrogens is 2. The van der Waals surface area contributed by atoms with E-state index in [0.717, 1.165) is 33.5 Å². The minimum atomic E-state index is -0.468. The van der Waals surface area contributed by atoms with Crippen LogP contribution in [0.2, 0.25) is 5.02 Å². The van der Waals surface area contributed by atoms with Gasteiger partial charge in [-0.15, -0.1) is 0 Å². The summed E-state index contributed by atoms with van der Waals surface area (Å²) < 4.78 is 29.2. The van der Waals surface area contributed by atoms with Gasteiger partial charge in [0.2, 0.25) is 5.91 Å². The Kier molecular flexibility index (Phi) is 5.76. The number of aromatic amines is 1. The highest BCUT2D eigenvalue weighted by atomic mass is 35.5. The monoisotopic (exact) mass is 530 g/mol. The molecule has 0 saturated heterocycles. The zero-order chi connectivity index (χ0) is 26.6. The summed E-state index contributed by atoms with van der Waals surface area (Å²) >= 11 is 6.14. The molecule has 3 aromatic carbocycles. The van der Waals surface area contributed by atoms with Crippen molar-refractivity contribution in [3.8, 4) is 11.1 Å². The van der Waals surface area contributed by atoms with E-state index < -0.39 is 5.82 Å². The van der Waals surface area contributed by atoms with Gasteiger partial charge in [0.1, 0.15) is 17.2 Å². The van der Waals surface area contributed by atoms with Crippen LogP contribution in [-0.4, -0.2) is 15.5 Å². The fraction of sp³-hybridized carbons (Fsp3) is 0.103. The largest absolute Gasteiger partial charge is 0.345 e. The number of nitrogens with zero attached hydrogens (tertiary/aromatic N) is 2. The first-order valence-corrected chi connectivity index (χ1v) is 12.3. The highest BCUT2D eigenvalue weighted by molar-refractivity contribution is 6.31. The molecule has 3 heterocycles. The minimum Gasteiger partial charge on any atom is -0.345 e. The molecule has 0 atom stereocenters. The summed E-state index contributed by atoms with van der Waals surface area (Å²) in [6.07, 6.45) is 3.51. The SMILES string of the molecule is Cn1cc2c3c(c[nH]c(=O)c31)CN(c1ccc(F)cc1)c1ccc(NC(=O)Cc3cc(F)ccc3Cl)cc1-2. The Morgan fingerprint density at radius 2 is 1.79 bits per heavy atom. The smallest absolute Gasteiger partial charge is 0.272 e. The highest BCUT2D eigenvalue weighted by Gasteiger charge is 2.26. The van der Waals surface area contributed by atoms with Crippen molar-refractivity contribution in [3.63, 3.8) is 0 Å². The summed E-state index contributed by atoms with van der Waals surface area (Å²) in [5, 5.41) is 4.01. The van der Waals surface area contributed by atoms with Crippen LogP contribution in [0.3, 0.4) is 0 Å². The third-order valence-electron chi connectivity index (χ3n) is 6.78. The van der Waals surface area contributed by atoms with Crippen molar-refractivity contribution in [2.24, 2.45) is 7.05 Å². The zero-order valence-corrected chi connectivity index (χ0v) is 20.9. The summed E-state index contributed by atoms with van der Waals surface area (Å²) in [5.74, 6) is -1.16. The Bertz CT molecular complexity index is 1790. The van der Waals surface area contributed by atoms with Gasteiger partial charge in [0.05, 0.1) is 13.0 Å². The van der Waals surface area contributed by atoms with Crippen molar-refractivity contribution in [2.75, 3.05) is 10.2 Å². The number of fused-ring (bicyclic) bond motifs is 2. The van der Waals surface area contributed by atoms with Crippen LogP contribution in [0.1, 0.15) is 11.1 Å². The Morgan fingerprint density at radius 1 is 1.03 bits per heavy atom. The van der Waals surface area contributed by atoms with E-state index in [1.54, 1.807) is 29.0 Å². The molecule has 38 heavy (non-hydrogen) atoms. The molecule has 2 aromatic heterocycles. The molecule has 190 valence electrons. The van der Waals surface area contributed by atoms with Gasteiger partial charge in [-0.25, -0.2) is 8.78 Å². The average molecular weight is 531 g/mol. The van der Waals surface area contributed by atoms with Gasteiger partial charge in [0.25, 0.3) is 5.56 Å². The molecular weight excluding hydrogens is 510 g/mol. The molecule has 0 radical (unpaired) electrons. The predicted octanol–water partition coefficient (Wildman–Crippen LogP) is 6.30. The second-order valence-electron chi connectivity index (χ2n) is 9.28. The summed E-state index contributed by atoms with van der Waals surface area (Å²) in [4.78, 5) is 30.4. The van der Waals surface area contributed by atoms with E-state index in [4.69, 9.17) is 11.6 Å². The quantitative estimate of drug-likeness (QED) is 0.286. The summed E-state index contributed by atoms with van der Waals surface area (Å²) in [6, 6.07) is 15.6. The van der Waals surface area contributed by atoms with Crippen molar-refractivity contribution in [1.29, 1.82) is 0 Å². The Labute approximate surface area is 221 Å². The van der Waals surface area contributed by atoms with Gasteiger partial charge in [-0.3, -0.25) is 9.59 Å². The number of pyridine rings is 1. The number of carbonyl (C=O) groups excluding carboxylic acids is 1. The molecular formula is C29H21ClF2N4O2. The zero-order valence-electron chi connectivity index (χ0n) is 20.2. The number of anilines is 3. The van der Waals surface area contributed by atoms with E-state index in [0.29, 0.717) is 28.3 Å². The van der Waals surface area contributed by atoms with Gasteiger partial charge in [-0.1, -0.05) is 11.6 Å². The van der Waals surface area contributed by atoms with Gasteiger partial charge in [-0.2, -0.15) is 0 Å². The first-order valence-electron chi connectivity index (χ1n) is 11.9. The van der Waals surface area contributed by atoms with E-state index >= 15 is 0 Å². The van der Waals surface area contributed by atoms with Gasteiger partial charge >= 0.3 is 0 Å². The van der Waals surface area contributed by atoms with Crippen LogP contribution in [-0.2, 0) is 24.8 Å². The number of carbonyl (C=O) groups is 1. The number of amides is 1. The van der Waals surface area contributed by atoms with Crippen molar-refractivity contribution in [1.82, 2.24) is 9.55 Å². The lowest BCUT2D eigenvalue weighted by Gasteiger charge is -2.26. The molecule has 0 spiro atoms. The molecule has 1 aliphatic rings. The number of rotatable bonds is 4. The normalized spacial score (nSPS) is 12.4. The van der Waals surface area contributed by atoms with Crippen LogP contribution in [0.25, 0.3) is 22.0 Å². The molecule has 9 heteroatoms. The summed E-state index contributed by atoms with van der Waals surface area (Å²) in [7, 11) is 1.82. The Balaban J connectivity index is 1.46. The summed E-state index contributed by atoms with van der Waals surface area (Å²) in [6.45, 7) is 0.437. The van der Waals surface area contributed by atoms with Crippen LogP contribution in [0.5, 0.6) is 0 Å². The van der Waals surface area contributed by atoms with Gasteiger partial charge in [-0.05, 0) is 71.8 Å². The number of nitrogens with one attached hydrogen (secondary N) is 2. The third-order valence-corrected chi connectivity index (χ3v) is 7.15. The second-order valence-corrected chi connectivity index (χ2v) is 9.68. The van der Waals surface area contributed by atoms with Crippen LogP contribution < -0.4 is 15.8 Å². The molecule has 0 aliphatic carbocycles. The fourth-order valence-electron chi connectivity index (χ4n) is 5.08. The number of aryl methyl sites for hydroxylation is 1. The predicted molar refractivity (Wildman–Crippen MR) is 145 cm³/mol. The molecule has 6 rings (SSSR count). The number of hydrogen-bond donors (Lipinski definition) is 2. The highest BCUT2D eigenvalue weighted by Crippen LogP contribution is 2.44. The molecule has 0 unspecified atom stereocenters. The second kappa shape index (κ2) is 9.15. The van der Waals surface area contributed by atoms with E-state index in [1.165, 1.54) is 30.3 Å². The van der Waals surface area contributed by atoms with Crippen LogP contribution in [0.4, 0.5) is 25.8 Å². The van der Waals surface area contributed by atoms with Gasteiger partial charge in [0, 0.05) is 58.0 Å². The molecule has 6 nitrogen and oxygen atoms in total. The van der Waals surface area contributed by atoms with E-state index in [-0.39, 0.29) is 23.7 Å². The maximum absolute atomic E-state index is 13.7. The maximum Gasteiger partial charge on any atom is 0.272 e. The minimum absolute atomic E-state index is 0.0941. The van der Waals surface area contributed by atoms with Crippen LogP contribution in [0, 0.1) is 11.6 Å². The van der Waals surface area contributed by atoms with Crippen molar-refractivity contribution < 1.29 is 13.6 Å². The van der Waals surface area contributed by atoms with Crippen molar-refractivity contribution in [2.45, 2.75) is 13.0 Å². The molecule has 0 saturated carbocycles. The number of halogens is 3. The van der Waals surface area contributed by atoms with Crippen LogP contribution >= 0.6 is 11.6 Å². The average Bonchev–Trinajstić information content (AvgIpc) is 3.18. The Hall–Kier alpha value is -4.43. The fourth-order valence-corrected chi connectivity index (χ4v) is 5.26. The lowest BCUT2D eigenvalue weighted by Crippen LogP contribution is -2.18. The number of hydrogen-bond acceptors (Lipinski definition) is 3. The molecule has 1 amide bonds. The lowest BCUT2D eigenvalue weighted by molar-refractivity contribution is -0.115.